The number of nitrogen functional groups attached to an aromatic ring is 1. The Labute approximate surface area is 218 Å². The molecule has 186 valence electrons. The molecule has 1 heterocycles. The molecule has 1 aliphatic heterocycles. The van der Waals surface area contributed by atoms with Gasteiger partial charge in [-0.3, -0.25) is 4.90 Å². The minimum absolute atomic E-state index is 0.383. The van der Waals surface area contributed by atoms with Crippen LogP contribution in [0.1, 0.15) is 34.7 Å². The molecule has 0 unspecified atom stereocenters. The van der Waals surface area contributed by atoms with Crippen LogP contribution in [0.3, 0.4) is 0 Å². The summed E-state index contributed by atoms with van der Waals surface area (Å²) in [5.41, 5.74) is 12.7. The van der Waals surface area contributed by atoms with Crippen LogP contribution in [0.5, 0.6) is 0 Å². The van der Waals surface area contributed by atoms with Crippen molar-refractivity contribution in [1.82, 2.24) is 9.21 Å². The van der Waals surface area contributed by atoms with E-state index in [9.17, 15) is 4.91 Å². The van der Waals surface area contributed by atoms with E-state index >= 15 is 0 Å². The van der Waals surface area contributed by atoms with Gasteiger partial charge in [0.05, 0.1) is 6.54 Å². The second kappa shape index (κ2) is 13.2. The Morgan fingerprint density at radius 1 is 0.833 bits per heavy atom. The first-order chi connectivity index (χ1) is 17.6. The second-order valence-electron chi connectivity index (χ2n) is 8.93. The number of nitroso groups, excluding NO2 is 1. The smallest absolute Gasteiger partial charge is 0.0938 e. The number of hydrogen-bond donors (Lipinski definition) is 1. The lowest BCUT2D eigenvalue weighted by Crippen LogP contribution is -2.44. The summed E-state index contributed by atoms with van der Waals surface area (Å²) >= 11 is 1.81. The fourth-order valence-corrected chi connectivity index (χ4v) is 5.10. The normalized spacial score (nSPS) is 15.1. The van der Waals surface area contributed by atoms with Gasteiger partial charge in [-0.25, -0.2) is 4.31 Å². The topological polar surface area (TPSA) is 61.9 Å². The molecule has 0 saturated carbocycles. The Balaban J connectivity index is 1.32. The molecule has 5 nitrogen and oxygen atoms in total. The van der Waals surface area contributed by atoms with Crippen molar-refractivity contribution in [2.75, 3.05) is 45.0 Å². The van der Waals surface area contributed by atoms with Gasteiger partial charge in [-0.1, -0.05) is 78.9 Å². The van der Waals surface area contributed by atoms with Crippen LogP contribution in [-0.4, -0.2) is 48.5 Å². The summed E-state index contributed by atoms with van der Waals surface area (Å²) in [6, 6.07) is 23.3. The van der Waals surface area contributed by atoms with Gasteiger partial charge in [0.25, 0.3) is 0 Å². The van der Waals surface area contributed by atoms with Crippen LogP contribution in [0.2, 0.25) is 0 Å². The van der Waals surface area contributed by atoms with E-state index in [1.165, 1.54) is 27.1 Å². The lowest BCUT2D eigenvalue weighted by atomic mass is 10.00. The molecule has 0 atom stereocenters. The molecule has 4 rings (SSSR count). The molecule has 6 heteroatoms. The molecule has 3 aromatic carbocycles. The third kappa shape index (κ3) is 7.65. The van der Waals surface area contributed by atoms with E-state index in [1.54, 1.807) is 0 Å². The fourth-order valence-electron chi connectivity index (χ4n) is 4.20. The Morgan fingerprint density at radius 3 is 2.11 bits per heavy atom. The van der Waals surface area contributed by atoms with Crippen LogP contribution in [0.25, 0.3) is 24.3 Å². The highest BCUT2D eigenvalue weighted by molar-refractivity contribution is 7.97. The summed E-state index contributed by atoms with van der Waals surface area (Å²) in [4.78, 5) is 13.9. The fraction of sp³-hybridized carbons (Fsp3) is 0.267. The van der Waals surface area contributed by atoms with E-state index in [1.807, 2.05) is 36.2 Å². The van der Waals surface area contributed by atoms with Crippen molar-refractivity contribution in [2.24, 2.45) is 5.18 Å². The molecule has 1 saturated heterocycles. The highest BCUT2D eigenvalue weighted by Gasteiger charge is 2.17. The van der Waals surface area contributed by atoms with Crippen molar-refractivity contribution in [3.8, 4) is 0 Å². The molecule has 1 fully saturated rings. The number of nitrogens with zero attached hydrogens (tertiary/aromatic N) is 3. The zero-order valence-corrected chi connectivity index (χ0v) is 21.7. The average molecular weight is 499 g/mol. The van der Waals surface area contributed by atoms with Crippen molar-refractivity contribution < 1.29 is 0 Å². The first kappa shape index (κ1) is 25.9. The maximum absolute atomic E-state index is 10.3. The molecule has 0 bridgehead atoms. The van der Waals surface area contributed by atoms with Gasteiger partial charge in [0.15, 0.2) is 0 Å². The van der Waals surface area contributed by atoms with Gasteiger partial charge in [0, 0.05) is 43.3 Å². The standard InChI is InChI=1S/C30H34N4OS/c1-2-27-23-26(6-12-28(27)11-5-25-7-13-29(31)14-8-25)4-3-24-9-15-30(16-10-24)36-34-21-19-33(20-22-34)18-17-32-35/h3-16,23H,2,17-22,31H2,1H3/b4-3+,11-5+. The minimum Gasteiger partial charge on any atom is -0.399 e. The minimum atomic E-state index is 0.383. The van der Waals surface area contributed by atoms with Crippen molar-refractivity contribution >= 4 is 41.9 Å². The molecular weight excluding hydrogens is 464 g/mol. The largest absolute Gasteiger partial charge is 0.399 e. The number of anilines is 1. The molecule has 0 spiro atoms. The first-order valence-electron chi connectivity index (χ1n) is 12.5. The van der Waals surface area contributed by atoms with E-state index in [0.717, 1.165) is 50.4 Å². The zero-order valence-electron chi connectivity index (χ0n) is 20.8. The maximum atomic E-state index is 10.3. The Kier molecular flexibility index (Phi) is 9.50. The van der Waals surface area contributed by atoms with E-state index in [4.69, 9.17) is 5.73 Å². The monoisotopic (exact) mass is 498 g/mol. The van der Waals surface area contributed by atoms with Crippen LogP contribution < -0.4 is 5.73 Å². The first-order valence-corrected chi connectivity index (χ1v) is 13.3. The number of nitrogens with two attached hydrogens (primary N) is 1. The lowest BCUT2D eigenvalue weighted by Gasteiger charge is -2.33. The highest BCUT2D eigenvalue weighted by atomic mass is 32.2. The second-order valence-corrected chi connectivity index (χ2v) is 10.1. The number of hydrogen-bond acceptors (Lipinski definition) is 6. The van der Waals surface area contributed by atoms with Crippen LogP contribution in [0.15, 0.2) is 76.8 Å². The van der Waals surface area contributed by atoms with E-state index in [2.05, 4.69) is 88.1 Å². The summed E-state index contributed by atoms with van der Waals surface area (Å²) < 4.78 is 2.39. The molecule has 0 aromatic heterocycles. The molecule has 0 aliphatic carbocycles. The summed E-state index contributed by atoms with van der Waals surface area (Å²) in [5.74, 6) is 0. The van der Waals surface area contributed by atoms with Crippen LogP contribution >= 0.6 is 11.9 Å². The van der Waals surface area contributed by atoms with Crippen molar-refractivity contribution in [1.29, 1.82) is 0 Å². The molecule has 2 N–H and O–H groups in total. The molecule has 0 amide bonds. The van der Waals surface area contributed by atoms with Crippen LogP contribution in [0, 0.1) is 4.91 Å². The summed E-state index contributed by atoms with van der Waals surface area (Å²) in [6.45, 7) is 7.31. The average Bonchev–Trinajstić information content (AvgIpc) is 2.92. The van der Waals surface area contributed by atoms with E-state index in [0.29, 0.717) is 6.54 Å². The summed E-state index contributed by atoms with van der Waals surface area (Å²) in [6.07, 6.45) is 9.65. The Bertz CT molecular complexity index is 1180. The van der Waals surface area contributed by atoms with Gasteiger partial charge in [0.2, 0.25) is 0 Å². The summed E-state index contributed by atoms with van der Waals surface area (Å²) in [7, 11) is 0. The summed E-state index contributed by atoms with van der Waals surface area (Å²) in [5, 5.41) is 2.97. The predicted octanol–water partition coefficient (Wildman–Crippen LogP) is 6.56. The van der Waals surface area contributed by atoms with Gasteiger partial charge in [0.1, 0.15) is 0 Å². The van der Waals surface area contributed by atoms with Crippen molar-refractivity contribution in [2.45, 2.75) is 18.2 Å². The number of aryl methyl sites for hydroxylation is 1. The third-order valence-electron chi connectivity index (χ3n) is 6.36. The number of benzene rings is 3. The highest BCUT2D eigenvalue weighted by Crippen LogP contribution is 2.25. The van der Waals surface area contributed by atoms with Crippen LogP contribution in [-0.2, 0) is 6.42 Å². The Morgan fingerprint density at radius 2 is 1.44 bits per heavy atom. The number of rotatable bonds is 10. The van der Waals surface area contributed by atoms with Crippen LogP contribution in [0.4, 0.5) is 5.69 Å². The lowest BCUT2D eigenvalue weighted by molar-refractivity contribution is 0.201. The molecule has 3 aromatic rings. The quantitative estimate of drug-likeness (QED) is 0.148. The van der Waals surface area contributed by atoms with E-state index < -0.39 is 0 Å². The Hall–Kier alpha value is -3.19. The van der Waals surface area contributed by atoms with Gasteiger partial charge in [-0.2, -0.15) is 4.91 Å². The van der Waals surface area contributed by atoms with Crippen molar-refractivity contribution in [3.05, 3.63) is 99.5 Å². The third-order valence-corrected chi connectivity index (χ3v) is 7.47. The zero-order chi connectivity index (χ0) is 25.2. The van der Waals surface area contributed by atoms with Gasteiger partial charge >= 0.3 is 0 Å². The number of piperazine rings is 1. The van der Waals surface area contributed by atoms with Crippen molar-refractivity contribution in [3.63, 3.8) is 0 Å². The molecule has 1 aliphatic rings. The molecular formula is C30H34N4OS. The molecule has 36 heavy (non-hydrogen) atoms. The molecule has 0 radical (unpaired) electrons. The SMILES string of the molecule is CCc1cc(/C=C/c2ccc(SN3CCN(CCN=O)CC3)cc2)ccc1/C=C/c1ccc(N)cc1. The van der Waals surface area contributed by atoms with Gasteiger partial charge in [-0.15, -0.1) is 0 Å². The maximum Gasteiger partial charge on any atom is 0.0938 e. The van der Waals surface area contributed by atoms with Gasteiger partial charge < -0.3 is 5.73 Å². The predicted molar refractivity (Wildman–Crippen MR) is 156 cm³/mol. The van der Waals surface area contributed by atoms with E-state index in [-0.39, 0.29) is 0 Å². The van der Waals surface area contributed by atoms with Gasteiger partial charge in [-0.05, 0) is 70.5 Å².